The van der Waals surface area contributed by atoms with Gasteiger partial charge in [0, 0.05) is 26.1 Å². The van der Waals surface area contributed by atoms with Gasteiger partial charge in [-0.25, -0.2) is 0 Å². The van der Waals surface area contributed by atoms with Gasteiger partial charge in [0.15, 0.2) is 0 Å². The molecule has 2 rings (SSSR count). The van der Waals surface area contributed by atoms with Crippen molar-refractivity contribution in [2.45, 2.75) is 13.0 Å². The molecular weight excluding hydrogens is 270 g/mol. The smallest absolute Gasteiger partial charge is 0.263 e. The molecule has 0 spiro atoms. The van der Waals surface area contributed by atoms with Crippen molar-refractivity contribution < 1.29 is 9.53 Å². The van der Waals surface area contributed by atoms with Gasteiger partial charge in [-0.2, -0.15) is 0 Å². The van der Waals surface area contributed by atoms with Crippen LogP contribution in [-0.2, 0) is 4.74 Å². The van der Waals surface area contributed by atoms with E-state index in [1.807, 2.05) is 19.1 Å². The third-order valence-electron chi connectivity index (χ3n) is 3.24. The van der Waals surface area contributed by atoms with Crippen molar-refractivity contribution in [3.8, 4) is 10.4 Å². The van der Waals surface area contributed by atoms with Gasteiger partial charge in [0.1, 0.15) is 0 Å². The van der Waals surface area contributed by atoms with Crippen molar-refractivity contribution in [2.75, 3.05) is 21.2 Å². The summed E-state index contributed by atoms with van der Waals surface area (Å²) in [6, 6.07) is 12.2. The van der Waals surface area contributed by atoms with E-state index in [1.54, 1.807) is 26.1 Å². The molecule has 2 aromatic rings. The second kappa shape index (κ2) is 6.20. The number of thiophene rings is 1. The Balaban J connectivity index is 2.22. The molecule has 0 saturated carbocycles. The van der Waals surface area contributed by atoms with E-state index in [4.69, 9.17) is 4.74 Å². The van der Waals surface area contributed by atoms with Crippen LogP contribution in [0.2, 0.25) is 0 Å². The second-order valence-corrected chi connectivity index (χ2v) is 5.95. The zero-order valence-electron chi connectivity index (χ0n) is 12.2. The molecule has 106 valence electrons. The van der Waals surface area contributed by atoms with Crippen LogP contribution in [0.1, 0.15) is 28.3 Å². The molecule has 20 heavy (non-hydrogen) atoms. The highest BCUT2D eigenvalue weighted by atomic mass is 32.1. The molecule has 1 amide bonds. The number of rotatable bonds is 4. The predicted octanol–water partition coefficient (Wildman–Crippen LogP) is 3.82. The average molecular weight is 289 g/mol. The number of benzene rings is 1. The first kappa shape index (κ1) is 14.8. The number of hydrogen-bond donors (Lipinski definition) is 0. The second-order valence-electron chi connectivity index (χ2n) is 4.86. The van der Waals surface area contributed by atoms with Crippen LogP contribution in [-0.4, -0.2) is 32.0 Å². The van der Waals surface area contributed by atoms with Crippen molar-refractivity contribution in [1.29, 1.82) is 0 Å². The van der Waals surface area contributed by atoms with Crippen LogP contribution in [0.4, 0.5) is 0 Å². The fourth-order valence-electron chi connectivity index (χ4n) is 1.88. The summed E-state index contributed by atoms with van der Waals surface area (Å²) < 4.78 is 5.30. The van der Waals surface area contributed by atoms with E-state index in [-0.39, 0.29) is 12.0 Å². The molecule has 0 aliphatic heterocycles. The largest absolute Gasteiger partial charge is 0.377 e. The van der Waals surface area contributed by atoms with Gasteiger partial charge in [0.2, 0.25) is 0 Å². The number of ether oxygens (including phenoxy) is 1. The van der Waals surface area contributed by atoms with Gasteiger partial charge in [-0.1, -0.05) is 24.3 Å². The molecule has 0 aliphatic carbocycles. The lowest BCUT2D eigenvalue weighted by Crippen LogP contribution is -2.20. The standard InChI is InChI=1S/C16H19NO2S/c1-11(19-4)12-5-7-13(8-6-12)14-9-10-15(20-14)16(18)17(2)3/h5-11H,1-4H3/t11-/m1/s1. The lowest BCUT2D eigenvalue weighted by Gasteiger charge is -2.10. The van der Waals surface area contributed by atoms with E-state index >= 15 is 0 Å². The molecule has 3 nitrogen and oxygen atoms in total. The average Bonchev–Trinajstić information content (AvgIpc) is 2.95. The van der Waals surface area contributed by atoms with Gasteiger partial charge in [-0.3, -0.25) is 4.79 Å². The summed E-state index contributed by atoms with van der Waals surface area (Å²) in [5.74, 6) is 0.0471. The lowest BCUT2D eigenvalue weighted by molar-refractivity contribution is 0.0832. The highest BCUT2D eigenvalue weighted by Crippen LogP contribution is 2.29. The van der Waals surface area contributed by atoms with Crippen molar-refractivity contribution in [3.05, 3.63) is 46.8 Å². The molecule has 0 bridgehead atoms. The Bertz CT molecular complexity index is 587. The Kier molecular flexibility index (Phi) is 4.57. The molecule has 0 fully saturated rings. The molecule has 0 radical (unpaired) electrons. The summed E-state index contributed by atoms with van der Waals surface area (Å²) in [7, 11) is 5.24. The van der Waals surface area contributed by atoms with Gasteiger partial charge in [-0.15, -0.1) is 11.3 Å². The van der Waals surface area contributed by atoms with Crippen LogP contribution in [0.5, 0.6) is 0 Å². The Labute approximate surface area is 123 Å². The summed E-state index contributed by atoms with van der Waals surface area (Å²) in [6.45, 7) is 2.02. The van der Waals surface area contributed by atoms with Crippen LogP contribution in [0.3, 0.4) is 0 Å². The van der Waals surface area contributed by atoms with E-state index in [9.17, 15) is 4.79 Å². The van der Waals surface area contributed by atoms with E-state index < -0.39 is 0 Å². The maximum atomic E-state index is 11.9. The van der Waals surface area contributed by atoms with Gasteiger partial charge in [0.05, 0.1) is 11.0 Å². The molecule has 1 heterocycles. The van der Waals surface area contributed by atoms with Crippen molar-refractivity contribution in [1.82, 2.24) is 4.90 Å². The zero-order chi connectivity index (χ0) is 14.7. The molecule has 1 atom stereocenters. The predicted molar refractivity (Wildman–Crippen MR) is 83.2 cm³/mol. The minimum absolute atomic E-state index is 0.0471. The van der Waals surface area contributed by atoms with E-state index in [0.29, 0.717) is 0 Å². The molecule has 0 N–H and O–H groups in total. The van der Waals surface area contributed by atoms with Crippen LogP contribution in [0, 0.1) is 0 Å². The summed E-state index contributed by atoms with van der Waals surface area (Å²) in [6.07, 6.45) is 0.0956. The maximum Gasteiger partial charge on any atom is 0.263 e. The minimum Gasteiger partial charge on any atom is -0.377 e. The van der Waals surface area contributed by atoms with Crippen LogP contribution < -0.4 is 0 Å². The van der Waals surface area contributed by atoms with E-state index in [0.717, 1.165) is 20.9 Å². The summed E-state index contributed by atoms with van der Waals surface area (Å²) >= 11 is 1.52. The molecule has 0 aliphatic rings. The van der Waals surface area contributed by atoms with Crippen molar-refractivity contribution in [3.63, 3.8) is 0 Å². The van der Waals surface area contributed by atoms with Gasteiger partial charge < -0.3 is 9.64 Å². The van der Waals surface area contributed by atoms with Gasteiger partial charge in [-0.05, 0) is 30.2 Å². The normalized spacial score (nSPS) is 12.2. The number of hydrogen-bond acceptors (Lipinski definition) is 3. The fourth-order valence-corrected chi connectivity index (χ4v) is 2.92. The number of amides is 1. The Hall–Kier alpha value is -1.65. The number of nitrogens with zero attached hydrogens (tertiary/aromatic N) is 1. The van der Waals surface area contributed by atoms with Crippen molar-refractivity contribution >= 4 is 17.2 Å². The lowest BCUT2D eigenvalue weighted by atomic mass is 10.1. The first-order valence-electron chi connectivity index (χ1n) is 6.47. The number of carbonyl (C=O) groups excluding carboxylic acids is 1. The van der Waals surface area contributed by atoms with Crippen LogP contribution >= 0.6 is 11.3 Å². The Morgan fingerprint density at radius 2 is 1.80 bits per heavy atom. The van der Waals surface area contributed by atoms with Crippen LogP contribution in [0.25, 0.3) is 10.4 Å². The van der Waals surface area contributed by atoms with E-state index in [1.165, 1.54) is 11.3 Å². The Morgan fingerprint density at radius 3 is 2.35 bits per heavy atom. The molecular formula is C16H19NO2S. The molecule has 1 aromatic heterocycles. The topological polar surface area (TPSA) is 29.5 Å². The molecule has 0 unspecified atom stereocenters. The summed E-state index contributed by atoms with van der Waals surface area (Å²) in [5, 5.41) is 0. The van der Waals surface area contributed by atoms with Crippen LogP contribution in [0.15, 0.2) is 36.4 Å². The highest BCUT2D eigenvalue weighted by molar-refractivity contribution is 7.17. The third kappa shape index (κ3) is 3.08. The van der Waals surface area contributed by atoms with Gasteiger partial charge >= 0.3 is 0 Å². The number of methoxy groups -OCH3 is 1. The molecule has 0 saturated heterocycles. The minimum atomic E-state index is 0.0471. The first-order valence-corrected chi connectivity index (χ1v) is 7.29. The maximum absolute atomic E-state index is 11.9. The fraction of sp³-hybridized carbons (Fsp3) is 0.312. The first-order chi connectivity index (χ1) is 9.52. The monoisotopic (exact) mass is 289 g/mol. The Morgan fingerprint density at radius 1 is 1.15 bits per heavy atom. The summed E-state index contributed by atoms with van der Waals surface area (Å²) in [4.78, 5) is 15.4. The summed E-state index contributed by atoms with van der Waals surface area (Å²) in [5.41, 5.74) is 2.28. The zero-order valence-corrected chi connectivity index (χ0v) is 13.0. The van der Waals surface area contributed by atoms with Gasteiger partial charge in [0.25, 0.3) is 5.91 Å². The van der Waals surface area contributed by atoms with Crippen molar-refractivity contribution in [2.24, 2.45) is 0 Å². The SMILES string of the molecule is CO[C@H](C)c1ccc(-c2ccc(C(=O)N(C)C)s2)cc1. The molecule has 4 heteroatoms. The third-order valence-corrected chi connectivity index (χ3v) is 4.36. The number of carbonyl (C=O) groups is 1. The van der Waals surface area contributed by atoms with E-state index in [2.05, 4.69) is 24.3 Å². The molecule has 1 aromatic carbocycles. The quantitative estimate of drug-likeness (QED) is 0.856. The highest BCUT2D eigenvalue weighted by Gasteiger charge is 2.12.